The second-order valence-electron chi connectivity index (χ2n) is 7.77. The summed E-state index contributed by atoms with van der Waals surface area (Å²) in [6.07, 6.45) is -3.24. The van der Waals surface area contributed by atoms with Crippen LogP contribution >= 0.6 is 27.5 Å². The maximum Gasteiger partial charge on any atom is 0.303 e. The van der Waals surface area contributed by atoms with Gasteiger partial charge >= 0.3 is 17.9 Å². The van der Waals surface area contributed by atoms with Crippen LogP contribution in [0.3, 0.4) is 0 Å². The Balaban J connectivity index is 2.05. The van der Waals surface area contributed by atoms with Gasteiger partial charge in [-0.25, -0.2) is 0 Å². The highest BCUT2D eigenvalue weighted by Gasteiger charge is 2.52. The van der Waals surface area contributed by atoms with Crippen molar-refractivity contribution in [3.05, 3.63) is 27.8 Å². The van der Waals surface area contributed by atoms with Gasteiger partial charge in [0.15, 0.2) is 12.2 Å². The lowest BCUT2D eigenvalue weighted by atomic mass is 9.96. The number of H-pyrrole nitrogens is 1. The smallest absolute Gasteiger partial charge is 0.303 e. The van der Waals surface area contributed by atoms with Crippen LogP contribution in [0.5, 0.6) is 5.75 Å². The summed E-state index contributed by atoms with van der Waals surface area (Å²) in [6.45, 7) is 4.45. The average Bonchev–Trinajstić information content (AvgIpc) is 3.16. The van der Waals surface area contributed by atoms with Crippen molar-refractivity contribution in [1.82, 2.24) is 10.3 Å². The number of nitrogens with one attached hydrogen (secondary N) is 2. The van der Waals surface area contributed by atoms with Crippen molar-refractivity contribution in [2.24, 2.45) is 0 Å². The van der Waals surface area contributed by atoms with E-state index in [0.717, 1.165) is 6.92 Å². The van der Waals surface area contributed by atoms with E-state index in [0.29, 0.717) is 20.4 Å². The van der Waals surface area contributed by atoms with Crippen LogP contribution in [0.2, 0.25) is 5.02 Å². The number of carbonyl (C=O) groups is 4. The highest BCUT2D eigenvalue weighted by molar-refractivity contribution is 9.10. The van der Waals surface area contributed by atoms with Gasteiger partial charge in [-0.3, -0.25) is 19.2 Å². The molecule has 3 unspecified atom stereocenters. The number of carbonyl (C=O) groups excluding carboxylic acids is 4. The van der Waals surface area contributed by atoms with Gasteiger partial charge in [0.1, 0.15) is 24.5 Å². The molecular formula is C22H24BrClN2O9. The Hall–Kier alpha value is -2.83. The zero-order chi connectivity index (χ0) is 25.9. The molecule has 190 valence electrons. The molecule has 5 atom stereocenters. The van der Waals surface area contributed by atoms with Crippen LogP contribution in [0, 0.1) is 0 Å². The number of benzene rings is 1. The van der Waals surface area contributed by atoms with Crippen molar-refractivity contribution in [2.45, 2.75) is 58.3 Å². The number of hydrogen-bond acceptors (Lipinski definition) is 9. The summed E-state index contributed by atoms with van der Waals surface area (Å²) in [5, 5.41) is 3.55. The van der Waals surface area contributed by atoms with Crippen molar-refractivity contribution in [3.63, 3.8) is 0 Å². The third-order valence-corrected chi connectivity index (χ3v) is 6.30. The fraction of sp³-hybridized carbons (Fsp3) is 0.455. The summed E-state index contributed by atoms with van der Waals surface area (Å²) in [7, 11) is 0. The number of esters is 3. The largest absolute Gasteiger partial charge is 0.463 e. The Morgan fingerprint density at radius 1 is 1.06 bits per heavy atom. The number of amides is 1. The van der Waals surface area contributed by atoms with E-state index in [2.05, 4.69) is 26.2 Å². The second kappa shape index (κ2) is 11.3. The number of aromatic amines is 1. The number of fused-ring (bicyclic) bond motifs is 1. The summed E-state index contributed by atoms with van der Waals surface area (Å²) in [5.74, 6) is -2.20. The fourth-order valence-electron chi connectivity index (χ4n) is 3.74. The minimum absolute atomic E-state index is 0.283. The standard InChI is InChI=1S/C22H24BrClN2O9/c1-9(27)26-19-21(33-12(4)30)20(32-11(3)29)16(8-31-10(2)28)35-22(19)34-15-7-25-14-6-5-13(23)18(24)17(14)15/h5-7,16,19-22,25H,8H2,1-4H3,(H,26,27)/t16?,19?,20-,21-,22?/m1/s1. The molecule has 0 bridgehead atoms. The number of ether oxygens (including phenoxy) is 5. The summed E-state index contributed by atoms with van der Waals surface area (Å²) < 4.78 is 28.7. The highest BCUT2D eigenvalue weighted by Crippen LogP contribution is 2.38. The van der Waals surface area contributed by atoms with E-state index in [9.17, 15) is 19.2 Å². The van der Waals surface area contributed by atoms with Gasteiger partial charge in [0.05, 0.1) is 15.9 Å². The molecule has 1 aliphatic rings. The molecule has 3 rings (SSSR count). The van der Waals surface area contributed by atoms with Crippen LogP contribution in [0.1, 0.15) is 27.7 Å². The fourth-order valence-corrected chi connectivity index (χ4v) is 4.33. The third-order valence-electron chi connectivity index (χ3n) is 5.01. The van der Waals surface area contributed by atoms with Crippen LogP contribution in [0.15, 0.2) is 22.8 Å². The Labute approximate surface area is 213 Å². The Bertz CT molecular complexity index is 1140. The third kappa shape index (κ3) is 6.44. The van der Waals surface area contributed by atoms with Gasteiger partial charge in [-0.1, -0.05) is 11.6 Å². The molecule has 1 aromatic carbocycles. The van der Waals surface area contributed by atoms with E-state index in [1.807, 2.05) is 0 Å². The Kier molecular flexibility index (Phi) is 8.62. The van der Waals surface area contributed by atoms with Crippen LogP contribution in [0.4, 0.5) is 0 Å². The van der Waals surface area contributed by atoms with E-state index in [1.54, 1.807) is 18.3 Å². The first-order valence-electron chi connectivity index (χ1n) is 10.5. The minimum atomic E-state index is -1.26. The Morgan fingerprint density at radius 2 is 1.71 bits per heavy atom. The van der Waals surface area contributed by atoms with Gasteiger partial charge in [-0.15, -0.1) is 0 Å². The molecule has 1 saturated heterocycles. The summed E-state index contributed by atoms with van der Waals surface area (Å²) in [6, 6.07) is 2.44. The second-order valence-corrected chi connectivity index (χ2v) is 9.01. The number of aromatic nitrogens is 1. The molecule has 2 aromatic rings. The van der Waals surface area contributed by atoms with Crippen LogP contribution in [-0.2, 0) is 38.1 Å². The molecule has 1 amide bonds. The molecule has 1 aliphatic heterocycles. The molecule has 0 aliphatic carbocycles. The van der Waals surface area contributed by atoms with Crippen molar-refractivity contribution in [1.29, 1.82) is 0 Å². The first-order valence-corrected chi connectivity index (χ1v) is 11.7. The summed E-state index contributed by atoms with van der Waals surface area (Å²) in [4.78, 5) is 50.3. The van der Waals surface area contributed by atoms with E-state index in [1.165, 1.54) is 20.8 Å². The SMILES string of the molecule is CC(=O)NC1C(Oc2c[nH]c3ccc(Br)c(Cl)c23)OC(COC(C)=O)[C@@H](OC(C)=O)[C@@H]1OC(C)=O. The van der Waals surface area contributed by atoms with E-state index in [-0.39, 0.29) is 12.4 Å². The normalized spacial score (nSPS) is 23.9. The van der Waals surface area contributed by atoms with Crippen LogP contribution in [-0.4, -0.2) is 66.0 Å². The van der Waals surface area contributed by atoms with Crippen molar-refractivity contribution >= 4 is 62.2 Å². The van der Waals surface area contributed by atoms with Crippen LogP contribution in [0.25, 0.3) is 10.9 Å². The molecular weight excluding hydrogens is 552 g/mol. The van der Waals surface area contributed by atoms with Gasteiger partial charge in [-0.2, -0.15) is 0 Å². The van der Waals surface area contributed by atoms with Crippen LogP contribution < -0.4 is 10.1 Å². The lowest BCUT2D eigenvalue weighted by Crippen LogP contribution is -2.67. The first-order chi connectivity index (χ1) is 16.5. The summed E-state index contributed by atoms with van der Waals surface area (Å²) >= 11 is 9.83. The predicted molar refractivity (Wildman–Crippen MR) is 126 cm³/mol. The zero-order valence-electron chi connectivity index (χ0n) is 19.3. The van der Waals surface area contributed by atoms with E-state index < -0.39 is 54.5 Å². The molecule has 13 heteroatoms. The van der Waals surface area contributed by atoms with Crippen molar-refractivity contribution in [3.8, 4) is 5.75 Å². The molecule has 0 spiro atoms. The maximum absolute atomic E-state index is 12.1. The molecule has 35 heavy (non-hydrogen) atoms. The predicted octanol–water partition coefficient (Wildman–Crippen LogP) is 2.62. The number of halogens is 2. The van der Waals surface area contributed by atoms with Gasteiger partial charge in [-0.05, 0) is 28.1 Å². The van der Waals surface area contributed by atoms with Crippen molar-refractivity contribution in [2.75, 3.05) is 6.61 Å². The lowest BCUT2D eigenvalue weighted by molar-refractivity contribution is -0.256. The molecule has 1 fully saturated rings. The molecule has 0 radical (unpaired) electrons. The number of rotatable bonds is 7. The Morgan fingerprint density at radius 3 is 2.31 bits per heavy atom. The van der Waals surface area contributed by atoms with E-state index in [4.69, 9.17) is 35.3 Å². The van der Waals surface area contributed by atoms with Gasteiger partial charge in [0.25, 0.3) is 0 Å². The summed E-state index contributed by atoms with van der Waals surface area (Å²) in [5.41, 5.74) is 0.672. The molecule has 11 nitrogen and oxygen atoms in total. The lowest BCUT2D eigenvalue weighted by Gasteiger charge is -2.44. The average molecular weight is 576 g/mol. The topological polar surface area (TPSA) is 142 Å². The monoisotopic (exact) mass is 574 g/mol. The number of hydrogen-bond donors (Lipinski definition) is 2. The highest BCUT2D eigenvalue weighted by atomic mass is 79.9. The zero-order valence-corrected chi connectivity index (χ0v) is 21.6. The van der Waals surface area contributed by atoms with Gasteiger partial charge in [0.2, 0.25) is 12.2 Å². The van der Waals surface area contributed by atoms with Crippen molar-refractivity contribution < 1.29 is 42.9 Å². The molecule has 0 saturated carbocycles. The quantitative estimate of drug-likeness (QED) is 0.376. The molecule has 2 N–H and O–H groups in total. The first kappa shape index (κ1) is 26.8. The van der Waals surface area contributed by atoms with Gasteiger partial charge < -0.3 is 34.0 Å². The minimum Gasteiger partial charge on any atom is -0.463 e. The molecule has 1 aromatic heterocycles. The maximum atomic E-state index is 12.1. The molecule has 2 heterocycles. The van der Waals surface area contributed by atoms with Gasteiger partial charge in [0, 0.05) is 38.4 Å². The van der Waals surface area contributed by atoms with E-state index >= 15 is 0 Å².